The Morgan fingerprint density at radius 1 is 0.909 bits per heavy atom. The second-order valence-electron chi connectivity index (χ2n) is 5.73. The number of aryl methyl sites for hydroxylation is 2. The van der Waals surface area contributed by atoms with E-state index in [0.717, 1.165) is 41.5 Å². The van der Waals surface area contributed by atoms with Crippen molar-refractivity contribution in [1.29, 1.82) is 0 Å². The average Bonchev–Trinajstić information content (AvgIpc) is 2.45. The first-order valence-corrected chi connectivity index (χ1v) is 7.41. The van der Waals surface area contributed by atoms with Crippen molar-refractivity contribution in [3.63, 3.8) is 0 Å². The van der Waals surface area contributed by atoms with Crippen LogP contribution in [0.1, 0.15) is 30.0 Å². The molecule has 2 rings (SSSR count). The number of phenols is 3. The summed E-state index contributed by atoms with van der Waals surface area (Å²) in [5.74, 6) is 0.472. The topological polar surface area (TPSA) is 60.7 Å². The molecule has 0 aliphatic carbocycles. The van der Waals surface area contributed by atoms with Gasteiger partial charge in [0, 0.05) is 6.07 Å². The van der Waals surface area contributed by atoms with Gasteiger partial charge in [-0.3, -0.25) is 0 Å². The molecule has 0 aromatic heterocycles. The van der Waals surface area contributed by atoms with E-state index >= 15 is 0 Å². The van der Waals surface area contributed by atoms with Crippen LogP contribution in [-0.2, 0) is 19.3 Å². The molecular weight excluding hydrogens is 276 g/mol. The fourth-order valence-corrected chi connectivity index (χ4v) is 2.49. The molecule has 2 aromatic carbocycles. The maximum absolute atomic E-state index is 10.1. The summed E-state index contributed by atoms with van der Waals surface area (Å²) in [6.07, 6.45) is 3.03. The summed E-state index contributed by atoms with van der Waals surface area (Å²) < 4.78 is 0. The van der Waals surface area contributed by atoms with Crippen molar-refractivity contribution in [1.82, 2.24) is 0 Å². The van der Waals surface area contributed by atoms with Crippen molar-refractivity contribution < 1.29 is 15.3 Å². The number of hydrogen-bond donors (Lipinski definition) is 3. The standard InChI is InChI=1S/C19H22O3/c1-13(2)3-10-18-15(11-17(21)12-19(18)22)7-4-14-5-8-16(20)9-6-14/h5-6,8-9,11-12,20-22H,1,3-4,7,10H2,2H3. The molecule has 0 saturated carbocycles. The van der Waals surface area contributed by atoms with Crippen LogP contribution in [0.25, 0.3) is 0 Å². The van der Waals surface area contributed by atoms with E-state index in [1.807, 2.05) is 19.1 Å². The summed E-state index contributed by atoms with van der Waals surface area (Å²) in [5.41, 5.74) is 4.00. The lowest BCUT2D eigenvalue weighted by Gasteiger charge is -2.13. The fraction of sp³-hybridized carbons (Fsp3) is 0.263. The molecule has 0 aliphatic heterocycles. The van der Waals surface area contributed by atoms with Crippen LogP contribution in [0.3, 0.4) is 0 Å². The zero-order valence-electron chi connectivity index (χ0n) is 12.8. The van der Waals surface area contributed by atoms with Gasteiger partial charge in [0.25, 0.3) is 0 Å². The Morgan fingerprint density at radius 2 is 1.59 bits per heavy atom. The monoisotopic (exact) mass is 298 g/mol. The van der Waals surface area contributed by atoms with Crippen LogP contribution < -0.4 is 0 Å². The van der Waals surface area contributed by atoms with E-state index in [2.05, 4.69) is 6.58 Å². The molecule has 0 atom stereocenters. The van der Waals surface area contributed by atoms with Gasteiger partial charge in [0.15, 0.2) is 0 Å². The number of phenolic OH excluding ortho intramolecular Hbond substituents is 3. The normalized spacial score (nSPS) is 10.6. The molecule has 22 heavy (non-hydrogen) atoms. The number of rotatable bonds is 6. The lowest BCUT2D eigenvalue weighted by atomic mass is 9.95. The Morgan fingerprint density at radius 3 is 2.23 bits per heavy atom. The molecule has 116 valence electrons. The summed E-state index contributed by atoms with van der Waals surface area (Å²) in [7, 11) is 0. The molecule has 0 saturated heterocycles. The van der Waals surface area contributed by atoms with Gasteiger partial charge >= 0.3 is 0 Å². The Kier molecular flexibility index (Phi) is 5.10. The van der Waals surface area contributed by atoms with Crippen LogP contribution in [-0.4, -0.2) is 15.3 Å². The maximum atomic E-state index is 10.1. The molecule has 0 fully saturated rings. The minimum absolute atomic E-state index is 0.0808. The molecule has 2 aromatic rings. The molecule has 0 unspecified atom stereocenters. The Balaban J connectivity index is 2.17. The smallest absolute Gasteiger partial charge is 0.122 e. The second kappa shape index (κ2) is 7.03. The van der Waals surface area contributed by atoms with E-state index in [4.69, 9.17) is 0 Å². The van der Waals surface area contributed by atoms with E-state index < -0.39 is 0 Å². The molecule has 3 N–H and O–H groups in total. The molecule has 0 radical (unpaired) electrons. The first-order valence-electron chi connectivity index (χ1n) is 7.41. The van der Waals surface area contributed by atoms with Crippen LogP contribution in [0.5, 0.6) is 17.2 Å². The molecule has 3 nitrogen and oxygen atoms in total. The average molecular weight is 298 g/mol. The zero-order valence-corrected chi connectivity index (χ0v) is 12.8. The number of aromatic hydroxyl groups is 3. The summed E-state index contributed by atoms with van der Waals surface area (Å²) in [4.78, 5) is 0. The quantitative estimate of drug-likeness (QED) is 0.704. The zero-order chi connectivity index (χ0) is 16.1. The minimum atomic E-state index is 0.0808. The van der Waals surface area contributed by atoms with Gasteiger partial charge in [0.1, 0.15) is 17.2 Å². The van der Waals surface area contributed by atoms with Crippen LogP contribution in [0.4, 0.5) is 0 Å². The van der Waals surface area contributed by atoms with Crippen molar-refractivity contribution >= 4 is 0 Å². The third kappa shape index (κ3) is 4.29. The number of hydrogen-bond acceptors (Lipinski definition) is 3. The molecule has 0 heterocycles. The molecule has 3 heteroatoms. The van der Waals surface area contributed by atoms with Crippen molar-refractivity contribution in [3.05, 3.63) is 65.2 Å². The Bertz CT molecular complexity index is 657. The van der Waals surface area contributed by atoms with E-state index in [1.54, 1.807) is 18.2 Å². The van der Waals surface area contributed by atoms with Gasteiger partial charge in [-0.05, 0) is 67.5 Å². The molecular formula is C19H22O3. The van der Waals surface area contributed by atoms with Crippen molar-refractivity contribution in [2.75, 3.05) is 0 Å². The third-order valence-electron chi connectivity index (χ3n) is 3.72. The van der Waals surface area contributed by atoms with Gasteiger partial charge < -0.3 is 15.3 Å². The minimum Gasteiger partial charge on any atom is -0.508 e. The second-order valence-corrected chi connectivity index (χ2v) is 5.73. The first-order chi connectivity index (χ1) is 10.5. The van der Waals surface area contributed by atoms with Crippen LogP contribution in [0, 0.1) is 0 Å². The fourth-order valence-electron chi connectivity index (χ4n) is 2.49. The predicted molar refractivity (Wildman–Crippen MR) is 88.4 cm³/mol. The van der Waals surface area contributed by atoms with E-state index in [-0.39, 0.29) is 17.2 Å². The van der Waals surface area contributed by atoms with Crippen LogP contribution in [0.15, 0.2) is 48.6 Å². The van der Waals surface area contributed by atoms with Gasteiger partial charge in [-0.2, -0.15) is 0 Å². The van der Waals surface area contributed by atoms with E-state index in [1.165, 1.54) is 6.07 Å². The first kappa shape index (κ1) is 16.0. The lowest BCUT2D eigenvalue weighted by molar-refractivity contribution is 0.444. The SMILES string of the molecule is C=C(C)CCc1c(O)cc(O)cc1CCc1ccc(O)cc1. The largest absolute Gasteiger partial charge is 0.508 e. The molecule has 0 spiro atoms. The highest BCUT2D eigenvalue weighted by atomic mass is 16.3. The van der Waals surface area contributed by atoms with Gasteiger partial charge in [-0.15, -0.1) is 6.58 Å². The van der Waals surface area contributed by atoms with Crippen molar-refractivity contribution in [3.8, 4) is 17.2 Å². The number of allylic oxidation sites excluding steroid dienone is 1. The highest BCUT2D eigenvalue weighted by Gasteiger charge is 2.11. The van der Waals surface area contributed by atoms with Crippen LogP contribution in [0.2, 0.25) is 0 Å². The van der Waals surface area contributed by atoms with Crippen molar-refractivity contribution in [2.24, 2.45) is 0 Å². The van der Waals surface area contributed by atoms with Gasteiger partial charge in [0.2, 0.25) is 0 Å². The summed E-state index contributed by atoms with van der Waals surface area (Å²) in [5, 5.41) is 29.1. The van der Waals surface area contributed by atoms with Gasteiger partial charge in [-0.25, -0.2) is 0 Å². The van der Waals surface area contributed by atoms with Gasteiger partial charge in [-0.1, -0.05) is 17.7 Å². The molecule has 0 bridgehead atoms. The highest BCUT2D eigenvalue weighted by Crippen LogP contribution is 2.30. The molecule has 0 aliphatic rings. The van der Waals surface area contributed by atoms with E-state index in [0.29, 0.717) is 6.42 Å². The summed E-state index contributed by atoms with van der Waals surface area (Å²) in [6.45, 7) is 5.86. The number of benzene rings is 2. The lowest BCUT2D eigenvalue weighted by Crippen LogP contribution is -1.99. The predicted octanol–water partition coefficient (Wildman–Crippen LogP) is 4.10. The van der Waals surface area contributed by atoms with Gasteiger partial charge in [0.05, 0.1) is 0 Å². The Labute approximate surface area is 131 Å². The molecule has 0 amide bonds. The van der Waals surface area contributed by atoms with Crippen molar-refractivity contribution in [2.45, 2.75) is 32.6 Å². The van der Waals surface area contributed by atoms with Crippen LogP contribution >= 0.6 is 0 Å². The summed E-state index contributed by atoms with van der Waals surface area (Å²) in [6, 6.07) is 10.2. The third-order valence-corrected chi connectivity index (χ3v) is 3.72. The highest BCUT2D eigenvalue weighted by molar-refractivity contribution is 5.46. The van der Waals surface area contributed by atoms with E-state index in [9.17, 15) is 15.3 Å². The summed E-state index contributed by atoms with van der Waals surface area (Å²) >= 11 is 0. The Hall–Kier alpha value is -2.42. The maximum Gasteiger partial charge on any atom is 0.122 e.